The smallest absolute Gasteiger partial charge is 0.338 e. The van der Waals surface area contributed by atoms with Crippen molar-refractivity contribution in [2.75, 3.05) is 13.2 Å². The molecule has 2 aromatic rings. The minimum atomic E-state index is -3.91. The van der Waals surface area contributed by atoms with Crippen molar-refractivity contribution < 1.29 is 27.4 Å². The van der Waals surface area contributed by atoms with Crippen LogP contribution in [0.25, 0.3) is 0 Å². The zero-order valence-corrected chi connectivity index (χ0v) is 17.8. The van der Waals surface area contributed by atoms with E-state index in [4.69, 9.17) is 25.8 Å². The molecule has 0 bridgehead atoms. The number of hydrogen-bond donors (Lipinski definition) is 1. The third kappa shape index (κ3) is 5.41. The van der Waals surface area contributed by atoms with E-state index in [9.17, 15) is 13.2 Å². The molecule has 1 aliphatic heterocycles. The summed E-state index contributed by atoms with van der Waals surface area (Å²) in [6.45, 7) is 5.32. The quantitative estimate of drug-likeness (QED) is 0.718. The van der Waals surface area contributed by atoms with Gasteiger partial charge in [0.05, 0.1) is 10.6 Å². The summed E-state index contributed by atoms with van der Waals surface area (Å²) < 4.78 is 44.3. The van der Waals surface area contributed by atoms with Crippen LogP contribution in [0.1, 0.15) is 31.1 Å². The minimum Gasteiger partial charge on any atom is -0.486 e. The van der Waals surface area contributed by atoms with E-state index < -0.39 is 27.6 Å². The molecule has 1 aliphatic rings. The van der Waals surface area contributed by atoms with Gasteiger partial charge < -0.3 is 14.2 Å². The van der Waals surface area contributed by atoms with Crippen molar-refractivity contribution in [1.82, 2.24) is 4.72 Å². The number of para-hydroxylation sites is 2. The van der Waals surface area contributed by atoms with Crippen molar-refractivity contribution in [3.05, 3.63) is 53.1 Å². The van der Waals surface area contributed by atoms with Crippen LogP contribution in [0.15, 0.2) is 47.4 Å². The first-order chi connectivity index (χ1) is 13.5. The molecule has 1 heterocycles. The molecular weight excluding hydrogens is 418 g/mol. The fraction of sp³-hybridized carbons (Fsp3) is 0.350. The summed E-state index contributed by atoms with van der Waals surface area (Å²) in [6.07, 6.45) is -0.466. The second kappa shape index (κ2) is 8.22. The number of ether oxygens (including phenoxy) is 3. The van der Waals surface area contributed by atoms with Gasteiger partial charge >= 0.3 is 5.97 Å². The second-order valence-electron chi connectivity index (χ2n) is 7.60. The summed E-state index contributed by atoms with van der Waals surface area (Å²) in [4.78, 5) is 12.2. The predicted octanol–water partition coefficient (Wildman–Crippen LogP) is 3.41. The fourth-order valence-corrected chi connectivity index (χ4v) is 4.64. The summed E-state index contributed by atoms with van der Waals surface area (Å²) in [5, 5.41) is 0.0129. The Balaban J connectivity index is 1.69. The molecule has 9 heteroatoms. The average molecular weight is 440 g/mol. The molecule has 7 nitrogen and oxygen atoms in total. The maximum absolute atomic E-state index is 12.6. The molecule has 1 atom stereocenters. The van der Waals surface area contributed by atoms with Crippen LogP contribution in [0.5, 0.6) is 11.5 Å². The summed E-state index contributed by atoms with van der Waals surface area (Å²) in [5.41, 5.74) is -0.631. The monoisotopic (exact) mass is 439 g/mol. The SMILES string of the molecule is CC(C)(C)NS(=O)(=O)c1cc(C(=O)OC[C@@H]2COc3ccccc3O2)ccc1Cl. The van der Waals surface area contributed by atoms with E-state index in [0.29, 0.717) is 11.5 Å². The number of esters is 1. The number of sulfonamides is 1. The number of nitrogens with one attached hydrogen (secondary N) is 1. The van der Waals surface area contributed by atoms with Gasteiger partial charge in [0, 0.05) is 5.54 Å². The molecule has 29 heavy (non-hydrogen) atoms. The molecular formula is C20H22ClNO6S. The topological polar surface area (TPSA) is 90.9 Å². The van der Waals surface area contributed by atoms with Crippen molar-refractivity contribution in [2.45, 2.75) is 37.3 Å². The van der Waals surface area contributed by atoms with Gasteiger partial charge in [0.2, 0.25) is 10.0 Å². The van der Waals surface area contributed by atoms with Crippen LogP contribution >= 0.6 is 11.6 Å². The normalized spacial score (nSPS) is 16.3. The van der Waals surface area contributed by atoms with Crippen LogP contribution < -0.4 is 14.2 Å². The summed E-state index contributed by atoms with van der Waals surface area (Å²) >= 11 is 6.05. The fourth-order valence-electron chi connectivity index (χ4n) is 2.69. The van der Waals surface area contributed by atoms with Gasteiger partial charge in [-0.25, -0.2) is 17.9 Å². The lowest BCUT2D eigenvalue weighted by Gasteiger charge is -2.26. The van der Waals surface area contributed by atoms with Crippen molar-refractivity contribution in [2.24, 2.45) is 0 Å². The van der Waals surface area contributed by atoms with Crippen LogP contribution in [-0.2, 0) is 14.8 Å². The Morgan fingerprint density at radius 2 is 1.90 bits per heavy atom. The van der Waals surface area contributed by atoms with Crippen molar-refractivity contribution in [3.8, 4) is 11.5 Å². The highest BCUT2D eigenvalue weighted by molar-refractivity contribution is 7.89. The second-order valence-corrected chi connectivity index (χ2v) is 9.65. The highest BCUT2D eigenvalue weighted by Crippen LogP contribution is 2.31. The maximum Gasteiger partial charge on any atom is 0.338 e. The standard InChI is InChI=1S/C20H22ClNO6S/c1-20(2,3)22-29(24,25)18-10-13(8-9-15(18)21)19(23)27-12-14-11-26-16-6-4-5-7-17(16)28-14/h4-10,14,22H,11-12H2,1-3H3/t14-/m0/s1. The first-order valence-corrected chi connectivity index (χ1v) is 10.8. The van der Waals surface area contributed by atoms with Gasteiger partial charge in [-0.2, -0.15) is 0 Å². The Morgan fingerprint density at radius 1 is 1.21 bits per heavy atom. The summed E-state index contributed by atoms with van der Waals surface area (Å²) in [7, 11) is -3.91. The predicted molar refractivity (Wildman–Crippen MR) is 108 cm³/mol. The number of carbonyl (C=O) groups is 1. The van der Waals surface area contributed by atoms with E-state index >= 15 is 0 Å². The van der Waals surface area contributed by atoms with Crippen LogP contribution in [0.2, 0.25) is 5.02 Å². The van der Waals surface area contributed by atoms with Crippen LogP contribution in [-0.4, -0.2) is 39.2 Å². The molecule has 0 fully saturated rings. The Bertz CT molecular complexity index is 1020. The molecule has 0 aliphatic carbocycles. The molecule has 156 valence electrons. The van der Waals surface area contributed by atoms with E-state index in [1.165, 1.54) is 18.2 Å². The van der Waals surface area contributed by atoms with Gasteiger partial charge in [-0.05, 0) is 51.1 Å². The van der Waals surface area contributed by atoms with Gasteiger partial charge in [-0.1, -0.05) is 23.7 Å². The highest BCUT2D eigenvalue weighted by atomic mass is 35.5. The molecule has 3 rings (SSSR count). The number of halogens is 1. The van der Waals surface area contributed by atoms with E-state index in [-0.39, 0.29) is 28.7 Å². The summed E-state index contributed by atoms with van der Waals surface area (Å²) in [5.74, 6) is 0.526. The zero-order valence-electron chi connectivity index (χ0n) is 16.3. The molecule has 0 amide bonds. The average Bonchev–Trinajstić information content (AvgIpc) is 2.64. The lowest BCUT2D eigenvalue weighted by Crippen LogP contribution is -2.40. The number of benzene rings is 2. The van der Waals surface area contributed by atoms with Gasteiger partial charge in [0.25, 0.3) is 0 Å². The molecule has 0 saturated heterocycles. The molecule has 2 aromatic carbocycles. The van der Waals surface area contributed by atoms with Gasteiger partial charge in [0.1, 0.15) is 18.1 Å². The molecule has 0 radical (unpaired) electrons. The third-order valence-electron chi connectivity index (χ3n) is 3.86. The number of carbonyl (C=O) groups excluding carboxylic acids is 1. The van der Waals surface area contributed by atoms with Gasteiger partial charge in [-0.3, -0.25) is 0 Å². The maximum atomic E-state index is 12.6. The lowest BCUT2D eigenvalue weighted by atomic mass is 10.1. The van der Waals surface area contributed by atoms with Crippen molar-refractivity contribution >= 4 is 27.6 Å². The van der Waals surface area contributed by atoms with Gasteiger partial charge in [0.15, 0.2) is 17.6 Å². The first-order valence-electron chi connectivity index (χ1n) is 8.94. The lowest BCUT2D eigenvalue weighted by molar-refractivity contribution is 0.0109. The Labute approximate surface area is 175 Å². The first kappa shape index (κ1) is 21.4. The van der Waals surface area contributed by atoms with Crippen molar-refractivity contribution in [3.63, 3.8) is 0 Å². The molecule has 0 unspecified atom stereocenters. The van der Waals surface area contributed by atoms with Crippen LogP contribution in [0.3, 0.4) is 0 Å². The number of hydrogen-bond acceptors (Lipinski definition) is 6. The highest BCUT2D eigenvalue weighted by Gasteiger charge is 2.26. The zero-order chi connectivity index (χ0) is 21.2. The van der Waals surface area contributed by atoms with E-state index in [2.05, 4.69) is 4.72 Å². The molecule has 0 spiro atoms. The van der Waals surface area contributed by atoms with E-state index in [1.807, 2.05) is 12.1 Å². The number of rotatable bonds is 5. The largest absolute Gasteiger partial charge is 0.486 e. The molecule has 1 N–H and O–H groups in total. The third-order valence-corrected chi connectivity index (χ3v) is 6.10. The Morgan fingerprint density at radius 3 is 2.59 bits per heavy atom. The number of fused-ring (bicyclic) bond motifs is 1. The summed E-state index contributed by atoms with van der Waals surface area (Å²) in [6, 6.07) is 11.2. The minimum absolute atomic E-state index is 0.0129. The molecule has 0 aromatic heterocycles. The molecule has 0 saturated carbocycles. The van der Waals surface area contributed by atoms with E-state index in [0.717, 1.165) is 0 Å². The van der Waals surface area contributed by atoms with Crippen molar-refractivity contribution in [1.29, 1.82) is 0 Å². The Hall–Kier alpha value is -2.29. The van der Waals surface area contributed by atoms with Crippen LogP contribution in [0, 0.1) is 0 Å². The van der Waals surface area contributed by atoms with Gasteiger partial charge in [-0.15, -0.1) is 0 Å². The Kier molecular flexibility index (Phi) is 6.07. The van der Waals surface area contributed by atoms with E-state index in [1.54, 1.807) is 32.9 Å². The van der Waals surface area contributed by atoms with Crippen LogP contribution in [0.4, 0.5) is 0 Å².